The first-order chi connectivity index (χ1) is 17.0. The van der Waals surface area contributed by atoms with Crippen molar-refractivity contribution in [3.63, 3.8) is 0 Å². The molecule has 6 atom stereocenters. The van der Waals surface area contributed by atoms with Crippen molar-refractivity contribution in [3.8, 4) is 0 Å². The standard InChI is InChI=1S/C32H46O3S/c1-21(20-36-25-9-5-8-24(19-25)30(2,3)35)26-12-13-27-23(7-6-14-31(26,27)4)11-10-22-17-28(33)32(15-16-32)29(34)18-22/h5,8-11,19,21,26-29,33-35H,6-7,12-18,20H2,1-4H3/t21-,26?,27?,28+,29+,31?/m0/s1. The smallest absolute Gasteiger partial charge is 0.0840 e. The molecule has 3 N–H and O–H groups in total. The fourth-order valence-corrected chi connectivity index (χ4v) is 8.98. The molecule has 4 aliphatic carbocycles. The van der Waals surface area contributed by atoms with E-state index in [1.165, 1.54) is 42.6 Å². The second-order valence-electron chi connectivity index (χ2n) is 13.2. The summed E-state index contributed by atoms with van der Waals surface area (Å²) in [7, 11) is 0. The number of hydrogen-bond acceptors (Lipinski definition) is 4. The van der Waals surface area contributed by atoms with Gasteiger partial charge in [-0.3, -0.25) is 0 Å². The van der Waals surface area contributed by atoms with Gasteiger partial charge in [-0.2, -0.15) is 0 Å². The summed E-state index contributed by atoms with van der Waals surface area (Å²) in [5.41, 5.74) is 3.18. The fraction of sp³-hybridized carbons (Fsp3) is 0.688. The zero-order chi connectivity index (χ0) is 25.7. The Morgan fingerprint density at radius 1 is 1.08 bits per heavy atom. The molecule has 4 heteroatoms. The molecule has 0 radical (unpaired) electrons. The van der Waals surface area contributed by atoms with E-state index < -0.39 is 5.60 Å². The molecule has 0 aromatic heterocycles. The number of rotatable bonds is 6. The fourth-order valence-electron chi connectivity index (χ4n) is 7.90. The van der Waals surface area contributed by atoms with Crippen LogP contribution in [0.25, 0.3) is 0 Å². The van der Waals surface area contributed by atoms with Gasteiger partial charge in [0.25, 0.3) is 0 Å². The second-order valence-corrected chi connectivity index (χ2v) is 14.3. The molecule has 0 saturated heterocycles. The zero-order valence-corrected chi connectivity index (χ0v) is 23.5. The third-order valence-electron chi connectivity index (χ3n) is 10.4. The van der Waals surface area contributed by atoms with Crippen molar-refractivity contribution in [3.05, 3.63) is 53.1 Å². The van der Waals surface area contributed by atoms with Gasteiger partial charge in [-0.1, -0.05) is 49.3 Å². The molecule has 4 aliphatic rings. The number of hydrogen-bond donors (Lipinski definition) is 3. The molecule has 0 bridgehead atoms. The van der Waals surface area contributed by atoms with E-state index in [0.717, 1.165) is 42.9 Å². The minimum Gasteiger partial charge on any atom is -0.392 e. The van der Waals surface area contributed by atoms with Crippen LogP contribution < -0.4 is 0 Å². The number of thioether (sulfide) groups is 1. The Morgan fingerprint density at radius 3 is 2.47 bits per heavy atom. The van der Waals surface area contributed by atoms with Crippen molar-refractivity contribution in [2.75, 3.05) is 5.75 Å². The van der Waals surface area contributed by atoms with E-state index in [1.54, 1.807) is 5.57 Å². The highest BCUT2D eigenvalue weighted by molar-refractivity contribution is 7.99. The average molecular weight is 511 g/mol. The van der Waals surface area contributed by atoms with Crippen LogP contribution in [0.5, 0.6) is 0 Å². The maximum Gasteiger partial charge on any atom is 0.0840 e. The molecule has 198 valence electrons. The van der Waals surface area contributed by atoms with Gasteiger partial charge in [0.15, 0.2) is 0 Å². The molecule has 5 rings (SSSR count). The Kier molecular flexibility index (Phi) is 7.30. The number of fused-ring (bicyclic) bond motifs is 1. The molecular weight excluding hydrogens is 464 g/mol. The molecule has 0 aliphatic heterocycles. The SMILES string of the molecule is C[C@@H](CSc1cccc(C(C)(C)O)c1)C1CCC2C(=CC=C3C[C@@H](O)C4(CC4)[C@H](O)C3)CCCC21C. The Morgan fingerprint density at radius 2 is 1.81 bits per heavy atom. The summed E-state index contributed by atoms with van der Waals surface area (Å²) in [5, 5.41) is 31.6. The van der Waals surface area contributed by atoms with Gasteiger partial charge in [0, 0.05) is 16.1 Å². The quantitative estimate of drug-likeness (QED) is 0.360. The van der Waals surface area contributed by atoms with Gasteiger partial charge in [-0.25, -0.2) is 0 Å². The van der Waals surface area contributed by atoms with Crippen LogP contribution in [0.3, 0.4) is 0 Å². The Labute approximate surface area is 222 Å². The average Bonchev–Trinajstić information content (AvgIpc) is 3.56. The maximum absolute atomic E-state index is 10.6. The van der Waals surface area contributed by atoms with E-state index in [0.29, 0.717) is 17.3 Å². The number of aliphatic hydroxyl groups is 3. The van der Waals surface area contributed by atoms with Crippen LogP contribution in [0.2, 0.25) is 0 Å². The van der Waals surface area contributed by atoms with Gasteiger partial charge >= 0.3 is 0 Å². The van der Waals surface area contributed by atoms with Crippen molar-refractivity contribution < 1.29 is 15.3 Å². The minimum atomic E-state index is -0.804. The van der Waals surface area contributed by atoms with Crippen LogP contribution in [0, 0.1) is 28.6 Å². The Bertz CT molecular complexity index is 1000. The van der Waals surface area contributed by atoms with Gasteiger partial charge in [0.2, 0.25) is 0 Å². The van der Waals surface area contributed by atoms with Crippen molar-refractivity contribution in [2.45, 2.75) is 108 Å². The van der Waals surface area contributed by atoms with Crippen molar-refractivity contribution in [1.29, 1.82) is 0 Å². The van der Waals surface area contributed by atoms with E-state index in [9.17, 15) is 15.3 Å². The highest BCUT2D eigenvalue weighted by Crippen LogP contribution is 2.60. The molecule has 1 aromatic rings. The van der Waals surface area contributed by atoms with E-state index >= 15 is 0 Å². The maximum atomic E-state index is 10.6. The molecule has 1 spiro atoms. The summed E-state index contributed by atoms with van der Waals surface area (Å²) in [6, 6.07) is 8.40. The van der Waals surface area contributed by atoms with E-state index in [1.807, 2.05) is 31.7 Å². The zero-order valence-electron chi connectivity index (χ0n) is 22.7. The highest BCUT2D eigenvalue weighted by atomic mass is 32.2. The lowest BCUT2D eigenvalue weighted by Gasteiger charge is -2.44. The summed E-state index contributed by atoms with van der Waals surface area (Å²) in [6.45, 7) is 8.70. The molecule has 3 unspecified atom stereocenters. The number of benzene rings is 1. The first-order valence-electron chi connectivity index (χ1n) is 14.2. The van der Waals surface area contributed by atoms with E-state index in [4.69, 9.17) is 0 Å². The molecule has 3 nitrogen and oxygen atoms in total. The predicted octanol–water partition coefficient (Wildman–Crippen LogP) is 7.01. The largest absolute Gasteiger partial charge is 0.392 e. The van der Waals surface area contributed by atoms with Crippen LogP contribution in [-0.4, -0.2) is 33.3 Å². The first kappa shape index (κ1) is 26.5. The van der Waals surface area contributed by atoms with E-state index in [2.05, 4.69) is 44.2 Å². The molecule has 4 fully saturated rings. The molecule has 0 amide bonds. The normalized spacial score (nSPS) is 35.6. The van der Waals surface area contributed by atoms with Crippen LogP contribution in [0.15, 0.2) is 52.5 Å². The predicted molar refractivity (Wildman–Crippen MR) is 149 cm³/mol. The first-order valence-corrected chi connectivity index (χ1v) is 15.2. The molecule has 36 heavy (non-hydrogen) atoms. The molecule has 1 aromatic carbocycles. The van der Waals surface area contributed by atoms with Crippen molar-refractivity contribution >= 4 is 11.8 Å². The monoisotopic (exact) mass is 510 g/mol. The van der Waals surface area contributed by atoms with E-state index in [-0.39, 0.29) is 17.6 Å². The van der Waals surface area contributed by atoms with Crippen molar-refractivity contribution in [2.24, 2.45) is 28.6 Å². The lowest BCUT2D eigenvalue weighted by Crippen LogP contribution is -2.38. The summed E-state index contributed by atoms with van der Waals surface area (Å²) in [4.78, 5) is 1.25. The summed E-state index contributed by atoms with van der Waals surface area (Å²) < 4.78 is 0. The second kappa shape index (κ2) is 9.91. The summed E-state index contributed by atoms with van der Waals surface area (Å²) in [6.07, 6.45) is 13.7. The van der Waals surface area contributed by atoms with Crippen LogP contribution in [-0.2, 0) is 5.60 Å². The third-order valence-corrected chi connectivity index (χ3v) is 11.7. The van der Waals surface area contributed by atoms with Crippen LogP contribution in [0.4, 0.5) is 0 Å². The third kappa shape index (κ3) is 5.00. The topological polar surface area (TPSA) is 60.7 Å². The Hall–Kier alpha value is -1.07. The van der Waals surface area contributed by atoms with Gasteiger partial charge < -0.3 is 15.3 Å². The summed E-state index contributed by atoms with van der Waals surface area (Å²) >= 11 is 1.94. The van der Waals surface area contributed by atoms with Gasteiger partial charge in [-0.15, -0.1) is 11.8 Å². The van der Waals surface area contributed by atoms with Crippen molar-refractivity contribution in [1.82, 2.24) is 0 Å². The minimum absolute atomic E-state index is 0.184. The molecule has 0 heterocycles. The molecular formula is C32H46O3S. The molecule has 4 saturated carbocycles. The van der Waals surface area contributed by atoms with Gasteiger partial charge in [-0.05, 0) is 112 Å². The van der Waals surface area contributed by atoms with Crippen LogP contribution >= 0.6 is 11.8 Å². The highest BCUT2D eigenvalue weighted by Gasteiger charge is 2.56. The lowest BCUT2D eigenvalue weighted by atomic mass is 9.61. The lowest BCUT2D eigenvalue weighted by molar-refractivity contribution is -0.0225. The number of aliphatic hydroxyl groups excluding tert-OH is 2. The van der Waals surface area contributed by atoms with Gasteiger partial charge in [0.1, 0.15) is 0 Å². The summed E-state index contributed by atoms with van der Waals surface area (Å²) in [5.74, 6) is 3.15. The van der Waals surface area contributed by atoms with Gasteiger partial charge in [0.05, 0.1) is 17.8 Å². The Balaban J connectivity index is 1.24. The van der Waals surface area contributed by atoms with Crippen LogP contribution in [0.1, 0.15) is 91.0 Å². The number of allylic oxidation sites excluding steroid dienone is 3.